The Morgan fingerprint density at radius 2 is 1.75 bits per heavy atom. The van der Waals surface area contributed by atoms with Crippen LogP contribution in [0, 0.1) is 6.92 Å². The summed E-state index contributed by atoms with van der Waals surface area (Å²) in [5.74, 6) is 0. The first-order chi connectivity index (χ1) is 7.29. The fourth-order valence-electron chi connectivity index (χ4n) is 2.21. The molecule has 0 N–H and O–H groups in total. The van der Waals surface area contributed by atoms with Gasteiger partial charge in [-0.05, 0) is 50.2 Å². The third-order valence-corrected chi connectivity index (χ3v) is 3.18. The van der Waals surface area contributed by atoms with Gasteiger partial charge >= 0.3 is 18.9 Å². The number of benzene rings is 1. The van der Waals surface area contributed by atoms with E-state index in [0.717, 1.165) is 24.2 Å². The minimum atomic E-state index is -0.661. The average molecular weight is 211 g/mol. The van der Waals surface area contributed by atoms with Crippen LogP contribution < -0.4 is 24.0 Å². The van der Waals surface area contributed by atoms with E-state index in [1.54, 1.807) is 0 Å². The Morgan fingerprint density at radius 1 is 1.12 bits per heavy atom. The molecule has 3 heteroatoms. The third kappa shape index (κ3) is 3.12. The van der Waals surface area contributed by atoms with Crippen LogP contribution in [0.15, 0.2) is 24.3 Å². The van der Waals surface area contributed by atoms with Crippen molar-refractivity contribution in [1.29, 1.82) is 0 Å². The van der Waals surface area contributed by atoms with Gasteiger partial charge in [0.25, 0.3) is 0 Å². The molecule has 1 aliphatic rings. The molecule has 0 aliphatic carbocycles. The zero-order valence-corrected chi connectivity index (χ0v) is 10.3. The topological polar surface area (TPSA) is 26.3 Å². The van der Waals surface area contributed by atoms with E-state index in [4.69, 9.17) is 0 Å². The molecule has 1 heterocycles. The summed E-state index contributed by atoms with van der Waals surface area (Å²) < 4.78 is 0. The number of piperidine rings is 1. The van der Waals surface area contributed by atoms with Crippen molar-refractivity contribution in [1.82, 2.24) is 4.90 Å². The van der Waals surface area contributed by atoms with Crippen LogP contribution in [-0.2, 0) is 0 Å². The molecule has 1 atom stereocenters. The van der Waals surface area contributed by atoms with Gasteiger partial charge < -0.3 is 10.0 Å². The van der Waals surface area contributed by atoms with Gasteiger partial charge in [0.15, 0.2) is 0 Å². The molecule has 0 spiro atoms. The Kier molecular flexibility index (Phi) is 5.58. The normalized spacial score (nSPS) is 18.9. The van der Waals surface area contributed by atoms with E-state index in [0.29, 0.717) is 0 Å². The minimum Gasteiger partial charge on any atom is -0.837 e. The predicted octanol–water partition coefficient (Wildman–Crippen LogP) is -1.16. The van der Waals surface area contributed by atoms with Crippen LogP contribution in [0.3, 0.4) is 0 Å². The number of hydrogen-bond acceptors (Lipinski definition) is 2. The van der Waals surface area contributed by atoms with Crippen molar-refractivity contribution in [3.05, 3.63) is 35.4 Å². The van der Waals surface area contributed by atoms with Gasteiger partial charge in [-0.25, -0.2) is 0 Å². The monoisotopic (exact) mass is 211 g/mol. The van der Waals surface area contributed by atoms with E-state index in [1.807, 2.05) is 31.2 Å². The largest absolute Gasteiger partial charge is 1.00 e. The molecule has 16 heavy (non-hydrogen) atoms. The molecule has 82 valence electrons. The van der Waals surface area contributed by atoms with Gasteiger partial charge in [-0.3, -0.25) is 0 Å². The van der Waals surface area contributed by atoms with Gasteiger partial charge in [0.2, 0.25) is 0 Å². The Balaban J connectivity index is 0.00000128. The zero-order chi connectivity index (χ0) is 10.7. The predicted molar refractivity (Wildman–Crippen MR) is 59.3 cm³/mol. The van der Waals surface area contributed by atoms with Crippen LogP contribution in [0.4, 0.5) is 0 Å². The van der Waals surface area contributed by atoms with Crippen LogP contribution in [-0.4, -0.2) is 18.0 Å². The summed E-state index contributed by atoms with van der Waals surface area (Å²) in [5, 5.41) is 12.2. The van der Waals surface area contributed by atoms with Crippen molar-refractivity contribution in [2.24, 2.45) is 0 Å². The standard InChI is InChI=1S/C13H18NO.Li/c1-11-7-3-4-8-12(11)13(15)14-9-5-2-6-10-14;/h3-4,7-8,13H,2,5-6,9-10H2,1H3;/q-1;+1. The second kappa shape index (κ2) is 6.47. The zero-order valence-electron chi connectivity index (χ0n) is 10.3. The number of hydrogen-bond donors (Lipinski definition) is 0. The summed E-state index contributed by atoms with van der Waals surface area (Å²) in [6.45, 7) is 3.94. The minimum absolute atomic E-state index is 0. The SMILES string of the molecule is Cc1ccccc1C([O-])N1CCCCC1.[Li+]. The van der Waals surface area contributed by atoms with Crippen LogP contribution >= 0.6 is 0 Å². The maximum atomic E-state index is 12.2. The molecule has 1 fully saturated rings. The van der Waals surface area contributed by atoms with Crippen molar-refractivity contribution in [3.63, 3.8) is 0 Å². The molecule has 0 radical (unpaired) electrons. The summed E-state index contributed by atoms with van der Waals surface area (Å²) in [4.78, 5) is 2.06. The van der Waals surface area contributed by atoms with Crippen molar-refractivity contribution in [2.75, 3.05) is 13.1 Å². The Morgan fingerprint density at radius 3 is 2.38 bits per heavy atom. The van der Waals surface area contributed by atoms with E-state index in [1.165, 1.54) is 19.3 Å². The van der Waals surface area contributed by atoms with Crippen molar-refractivity contribution >= 4 is 0 Å². The number of rotatable bonds is 2. The molecule has 0 amide bonds. The molecule has 1 aliphatic heterocycles. The van der Waals surface area contributed by atoms with E-state index in [9.17, 15) is 5.11 Å². The molecule has 1 unspecified atom stereocenters. The maximum absolute atomic E-state index is 12.2. The summed E-state index contributed by atoms with van der Waals surface area (Å²) in [5.41, 5.74) is 2.06. The van der Waals surface area contributed by atoms with Gasteiger partial charge in [0, 0.05) is 0 Å². The molecule has 1 saturated heterocycles. The van der Waals surface area contributed by atoms with Gasteiger partial charge in [0.05, 0.1) is 0 Å². The maximum Gasteiger partial charge on any atom is 1.00 e. The average Bonchev–Trinajstić information content (AvgIpc) is 2.30. The fraction of sp³-hybridized carbons (Fsp3) is 0.538. The Labute approximate surface area is 110 Å². The van der Waals surface area contributed by atoms with Crippen molar-refractivity contribution in [3.8, 4) is 0 Å². The quantitative estimate of drug-likeness (QED) is 0.577. The Bertz CT molecular complexity index is 323. The van der Waals surface area contributed by atoms with Gasteiger partial charge in [-0.15, -0.1) is 0 Å². The van der Waals surface area contributed by atoms with Crippen molar-refractivity contribution < 1.29 is 24.0 Å². The van der Waals surface area contributed by atoms with Crippen LogP contribution in [0.2, 0.25) is 0 Å². The molecule has 0 saturated carbocycles. The second-order valence-electron chi connectivity index (χ2n) is 4.31. The summed E-state index contributed by atoms with van der Waals surface area (Å²) >= 11 is 0. The molecular weight excluding hydrogens is 193 g/mol. The number of aryl methyl sites for hydroxylation is 1. The van der Waals surface area contributed by atoms with Crippen LogP contribution in [0.5, 0.6) is 0 Å². The molecule has 0 aromatic heterocycles. The summed E-state index contributed by atoms with van der Waals surface area (Å²) in [7, 11) is 0. The van der Waals surface area contributed by atoms with E-state index < -0.39 is 6.23 Å². The second-order valence-corrected chi connectivity index (χ2v) is 4.31. The van der Waals surface area contributed by atoms with E-state index in [-0.39, 0.29) is 18.9 Å². The molecule has 2 rings (SSSR count). The van der Waals surface area contributed by atoms with Crippen LogP contribution in [0.25, 0.3) is 0 Å². The first kappa shape index (κ1) is 13.8. The third-order valence-electron chi connectivity index (χ3n) is 3.18. The molecular formula is C13H18LiNO. The summed E-state index contributed by atoms with van der Waals surface area (Å²) in [6, 6.07) is 7.92. The summed E-state index contributed by atoms with van der Waals surface area (Å²) in [6.07, 6.45) is 2.96. The first-order valence-corrected chi connectivity index (χ1v) is 5.74. The molecule has 1 aromatic rings. The Hall–Kier alpha value is -0.263. The molecule has 1 aromatic carbocycles. The molecule has 0 bridgehead atoms. The smallest absolute Gasteiger partial charge is 0.837 e. The van der Waals surface area contributed by atoms with Gasteiger partial charge in [-0.2, -0.15) is 0 Å². The van der Waals surface area contributed by atoms with Gasteiger partial charge in [-0.1, -0.05) is 30.7 Å². The van der Waals surface area contributed by atoms with Gasteiger partial charge in [0.1, 0.15) is 0 Å². The van der Waals surface area contributed by atoms with Crippen LogP contribution in [0.1, 0.15) is 36.6 Å². The first-order valence-electron chi connectivity index (χ1n) is 5.74. The van der Waals surface area contributed by atoms with E-state index in [2.05, 4.69) is 4.90 Å². The number of likely N-dealkylation sites (tertiary alicyclic amines) is 1. The fourth-order valence-corrected chi connectivity index (χ4v) is 2.21. The number of nitrogens with zero attached hydrogens (tertiary/aromatic N) is 1. The van der Waals surface area contributed by atoms with E-state index >= 15 is 0 Å². The van der Waals surface area contributed by atoms with Crippen molar-refractivity contribution in [2.45, 2.75) is 32.4 Å². The molecule has 2 nitrogen and oxygen atoms in total.